The maximum Gasteiger partial charge on any atom is 0.297 e. The van der Waals surface area contributed by atoms with Crippen LogP contribution in [-0.2, 0) is 14.3 Å². The fourth-order valence-corrected chi connectivity index (χ4v) is 3.77. The third kappa shape index (κ3) is 2.96. The molecule has 0 saturated heterocycles. The summed E-state index contributed by atoms with van der Waals surface area (Å²) in [5.74, 6) is 0.0150. The van der Waals surface area contributed by atoms with Gasteiger partial charge in [-0.1, -0.05) is 17.7 Å². The first kappa shape index (κ1) is 14.0. The van der Waals surface area contributed by atoms with Gasteiger partial charge in [-0.15, -0.1) is 0 Å². The minimum atomic E-state index is -3.73. The second-order valence-electron chi connectivity index (χ2n) is 5.20. The number of benzene rings is 1. The van der Waals surface area contributed by atoms with Crippen LogP contribution in [0.15, 0.2) is 17.0 Å². The molecule has 0 heterocycles. The molecule has 2 rings (SSSR count). The molecule has 5 heteroatoms. The zero-order valence-electron chi connectivity index (χ0n) is 11.3. The molecule has 0 spiro atoms. The molecule has 2 unspecified atom stereocenters. The zero-order chi connectivity index (χ0) is 14.2. The number of hydrogen-bond acceptors (Lipinski definition) is 4. The molecule has 1 aromatic carbocycles. The van der Waals surface area contributed by atoms with Crippen LogP contribution < -0.4 is 0 Å². The van der Waals surface area contributed by atoms with E-state index in [1.165, 1.54) is 0 Å². The summed E-state index contributed by atoms with van der Waals surface area (Å²) in [6.45, 7) is 5.57. The topological polar surface area (TPSA) is 67.2 Å². The number of rotatable bonds is 4. The Labute approximate surface area is 114 Å². The summed E-state index contributed by atoms with van der Waals surface area (Å²) >= 11 is 0. The van der Waals surface area contributed by atoms with E-state index in [-0.39, 0.29) is 23.3 Å². The lowest BCUT2D eigenvalue weighted by Gasteiger charge is -2.12. The van der Waals surface area contributed by atoms with Gasteiger partial charge in [0.25, 0.3) is 10.1 Å². The Hall–Kier alpha value is -1.38. The van der Waals surface area contributed by atoms with Crippen LogP contribution >= 0.6 is 0 Å². The van der Waals surface area contributed by atoms with E-state index in [9.17, 15) is 8.42 Å². The molecule has 0 aliphatic heterocycles. The maximum absolute atomic E-state index is 12.2. The summed E-state index contributed by atoms with van der Waals surface area (Å²) in [5.41, 5.74) is 2.43. The fraction of sp³-hybridized carbons (Fsp3) is 0.500. The Morgan fingerprint density at radius 3 is 2.37 bits per heavy atom. The lowest BCUT2D eigenvalue weighted by Crippen LogP contribution is -2.12. The molecule has 0 aromatic heterocycles. The van der Waals surface area contributed by atoms with E-state index in [0.29, 0.717) is 11.1 Å². The molecule has 1 fully saturated rings. The molecule has 1 aromatic rings. The van der Waals surface area contributed by atoms with Gasteiger partial charge in [0.2, 0.25) is 0 Å². The normalized spacial score (nSPS) is 22.0. The minimum absolute atomic E-state index is 0.0459. The number of aryl methyl sites for hydroxylation is 3. The van der Waals surface area contributed by atoms with Gasteiger partial charge >= 0.3 is 0 Å². The molecule has 0 radical (unpaired) electrons. The van der Waals surface area contributed by atoms with Crippen molar-refractivity contribution in [3.8, 4) is 6.07 Å². The first-order valence-electron chi connectivity index (χ1n) is 6.22. The Kier molecular flexibility index (Phi) is 3.66. The summed E-state index contributed by atoms with van der Waals surface area (Å²) in [4.78, 5) is 0.257. The van der Waals surface area contributed by atoms with Gasteiger partial charge in [-0.3, -0.25) is 4.18 Å². The Balaban J connectivity index is 2.19. The molecular formula is C14H17NO3S. The quantitative estimate of drug-likeness (QED) is 0.794. The molecule has 0 amide bonds. The van der Waals surface area contributed by atoms with Crippen LogP contribution in [0.25, 0.3) is 0 Å². The van der Waals surface area contributed by atoms with Crippen molar-refractivity contribution in [2.24, 2.45) is 11.8 Å². The van der Waals surface area contributed by atoms with Gasteiger partial charge < -0.3 is 0 Å². The van der Waals surface area contributed by atoms with Crippen LogP contribution in [0.5, 0.6) is 0 Å². The first-order chi connectivity index (χ1) is 8.85. The summed E-state index contributed by atoms with van der Waals surface area (Å²) in [6, 6.07) is 5.78. The van der Waals surface area contributed by atoms with Crippen molar-refractivity contribution in [1.29, 1.82) is 5.26 Å². The SMILES string of the molecule is Cc1cc(C)c(S(=O)(=O)OCC2CC2C#N)c(C)c1. The Bertz CT molecular complexity index is 620. The van der Waals surface area contributed by atoms with Gasteiger partial charge in [0.15, 0.2) is 0 Å². The Morgan fingerprint density at radius 2 is 1.89 bits per heavy atom. The minimum Gasteiger partial charge on any atom is -0.266 e. The molecule has 19 heavy (non-hydrogen) atoms. The van der Waals surface area contributed by atoms with Crippen LogP contribution in [-0.4, -0.2) is 15.0 Å². The second kappa shape index (κ2) is 4.95. The van der Waals surface area contributed by atoms with Crippen molar-refractivity contribution < 1.29 is 12.6 Å². The highest BCUT2D eigenvalue weighted by Crippen LogP contribution is 2.38. The predicted octanol–water partition coefficient (Wildman–Crippen LogP) is 2.48. The van der Waals surface area contributed by atoms with E-state index >= 15 is 0 Å². The number of hydrogen-bond donors (Lipinski definition) is 0. The molecule has 0 bridgehead atoms. The van der Waals surface area contributed by atoms with E-state index in [1.54, 1.807) is 13.8 Å². The van der Waals surface area contributed by atoms with Crippen LogP contribution in [0.1, 0.15) is 23.1 Å². The molecular weight excluding hydrogens is 262 g/mol. The maximum atomic E-state index is 12.2. The highest BCUT2D eigenvalue weighted by atomic mass is 32.2. The first-order valence-corrected chi connectivity index (χ1v) is 7.63. The third-order valence-corrected chi connectivity index (χ3v) is 4.97. The highest BCUT2D eigenvalue weighted by molar-refractivity contribution is 7.86. The van der Waals surface area contributed by atoms with Crippen LogP contribution in [0.2, 0.25) is 0 Å². The van der Waals surface area contributed by atoms with Crippen LogP contribution in [0.4, 0.5) is 0 Å². The van der Waals surface area contributed by atoms with Crippen molar-refractivity contribution in [3.63, 3.8) is 0 Å². The van der Waals surface area contributed by atoms with E-state index in [2.05, 4.69) is 6.07 Å². The average molecular weight is 279 g/mol. The van der Waals surface area contributed by atoms with Crippen molar-refractivity contribution in [2.45, 2.75) is 32.1 Å². The van der Waals surface area contributed by atoms with Crippen LogP contribution in [0.3, 0.4) is 0 Å². The molecule has 2 atom stereocenters. The summed E-state index contributed by atoms with van der Waals surface area (Å²) < 4.78 is 29.5. The second-order valence-corrected chi connectivity index (χ2v) is 6.75. The van der Waals surface area contributed by atoms with Crippen molar-refractivity contribution in [1.82, 2.24) is 0 Å². The number of nitrogens with zero attached hydrogens (tertiary/aromatic N) is 1. The lowest BCUT2D eigenvalue weighted by molar-refractivity contribution is 0.298. The van der Waals surface area contributed by atoms with Crippen LogP contribution in [0, 0.1) is 43.9 Å². The largest absolute Gasteiger partial charge is 0.297 e. The Morgan fingerprint density at radius 1 is 1.32 bits per heavy atom. The smallest absolute Gasteiger partial charge is 0.266 e. The van der Waals surface area contributed by atoms with Gasteiger partial charge in [0, 0.05) is 5.92 Å². The van der Waals surface area contributed by atoms with E-state index < -0.39 is 10.1 Å². The van der Waals surface area contributed by atoms with Crippen molar-refractivity contribution >= 4 is 10.1 Å². The molecule has 102 valence electrons. The van der Waals surface area contributed by atoms with Gasteiger partial charge in [-0.25, -0.2) is 0 Å². The molecule has 1 aliphatic rings. The van der Waals surface area contributed by atoms with E-state index in [1.807, 2.05) is 19.1 Å². The standard InChI is InChI=1S/C14H17NO3S/c1-9-4-10(2)14(11(3)5-9)19(16,17)18-8-13-6-12(13)7-15/h4-5,12-13H,6,8H2,1-3H3. The summed E-state index contributed by atoms with van der Waals surface area (Å²) in [7, 11) is -3.73. The summed E-state index contributed by atoms with van der Waals surface area (Å²) in [6.07, 6.45) is 0.734. The van der Waals surface area contributed by atoms with Crippen molar-refractivity contribution in [3.05, 3.63) is 28.8 Å². The molecule has 1 aliphatic carbocycles. The third-order valence-electron chi connectivity index (χ3n) is 3.38. The van der Waals surface area contributed by atoms with Gasteiger partial charge in [0.1, 0.15) is 0 Å². The van der Waals surface area contributed by atoms with Gasteiger partial charge in [-0.2, -0.15) is 13.7 Å². The number of nitriles is 1. The molecule has 1 saturated carbocycles. The van der Waals surface area contributed by atoms with Gasteiger partial charge in [0.05, 0.1) is 23.5 Å². The van der Waals surface area contributed by atoms with Gasteiger partial charge in [-0.05, 0) is 38.3 Å². The lowest BCUT2D eigenvalue weighted by atomic mass is 10.1. The van der Waals surface area contributed by atoms with E-state index in [4.69, 9.17) is 9.44 Å². The fourth-order valence-electron chi connectivity index (χ4n) is 2.39. The van der Waals surface area contributed by atoms with E-state index in [0.717, 1.165) is 12.0 Å². The molecule has 4 nitrogen and oxygen atoms in total. The molecule has 0 N–H and O–H groups in total. The van der Waals surface area contributed by atoms with Crippen molar-refractivity contribution in [2.75, 3.05) is 6.61 Å². The predicted molar refractivity (Wildman–Crippen MR) is 71.0 cm³/mol. The highest BCUT2D eigenvalue weighted by Gasteiger charge is 2.38. The monoisotopic (exact) mass is 279 g/mol. The zero-order valence-corrected chi connectivity index (χ0v) is 12.1. The average Bonchev–Trinajstić information content (AvgIpc) is 3.03. The summed E-state index contributed by atoms with van der Waals surface area (Å²) in [5, 5.41) is 8.69.